The molecule has 0 bridgehead atoms. The van der Waals surface area contributed by atoms with Gasteiger partial charge < -0.3 is 19.8 Å². The molecule has 0 amide bonds. The number of ether oxygens (including phenoxy) is 2. The minimum absolute atomic E-state index is 0.0595. The van der Waals surface area contributed by atoms with E-state index in [-0.39, 0.29) is 24.2 Å². The Morgan fingerprint density at radius 3 is 2.87 bits per heavy atom. The zero-order valence-corrected chi connectivity index (χ0v) is 17.1. The number of aromatic nitrogens is 2. The van der Waals surface area contributed by atoms with Crippen molar-refractivity contribution < 1.29 is 23.0 Å². The van der Waals surface area contributed by atoms with E-state index in [1.165, 1.54) is 6.92 Å². The minimum Gasteiger partial charge on any atom is -0.458 e. The van der Waals surface area contributed by atoms with E-state index in [0.29, 0.717) is 26.1 Å². The molecule has 4 rings (SSSR count). The molecule has 0 radical (unpaired) electrons. The lowest BCUT2D eigenvalue weighted by Gasteiger charge is -2.38. The van der Waals surface area contributed by atoms with E-state index < -0.39 is 23.8 Å². The Balaban J connectivity index is 1.43. The van der Waals surface area contributed by atoms with Crippen LogP contribution in [-0.2, 0) is 40.5 Å². The van der Waals surface area contributed by atoms with Gasteiger partial charge in [-0.05, 0) is 31.5 Å². The van der Waals surface area contributed by atoms with Crippen LogP contribution in [0, 0.1) is 11.6 Å². The van der Waals surface area contributed by atoms with Crippen molar-refractivity contribution in [1.82, 2.24) is 14.5 Å². The lowest BCUT2D eigenvalue weighted by Crippen LogP contribution is -2.48. The fourth-order valence-electron chi connectivity index (χ4n) is 4.40. The lowest BCUT2D eigenvalue weighted by atomic mass is 9.93. The molecule has 9 heteroatoms. The van der Waals surface area contributed by atoms with Crippen LogP contribution in [0.25, 0.3) is 0 Å². The summed E-state index contributed by atoms with van der Waals surface area (Å²) in [6, 6.07) is 2.96. The second kappa shape index (κ2) is 8.41. The molecule has 2 aromatic rings. The van der Waals surface area contributed by atoms with Crippen molar-refractivity contribution in [2.24, 2.45) is 5.73 Å². The molecule has 2 aliphatic rings. The molecule has 0 aliphatic carbocycles. The largest absolute Gasteiger partial charge is 0.458 e. The summed E-state index contributed by atoms with van der Waals surface area (Å²) < 4.78 is 40.8. The Hall–Kier alpha value is -2.36. The third kappa shape index (κ3) is 3.97. The van der Waals surface area contributed by atoms with Gasteiger partial charge in [0.1, 0.15) is 30.2 Å². The van der Waals surface area contributed by atoms with Crippen LogP contribution in [-0.4, -0.2) is 39.1 Å². The molecule has 0 saturated carbocycles. The van der Waals surface area contributed by atoms with Crippen molar-refractivity contribution in [3.05, 3.63) is 52.6 Å². The highest BCUT2D eigenvalue weighted by Crippen LogP contribution is 2.34. The van der Waals surface area contributed by atoms with Crippen LogP contribution in [0.15, 0.2) is 18.2 Å². The molecule has 0 unspecified atom stereocenters. The molecule has 2 aliphatic heterocycles. The number of nitrogens with two attached hydrogens (primary N) is 1. The van der Waals surface area contributed by atoms with E-state index >= 15 is 0 Å². The number of hydrogen-bond donors (Lipinski definition) is 1. The van der Waals surface area contributed by atoms with Crippen LogP contribution in [0.3, 0.4) is 0 Å². The van der Waals surface area contributed by atoms with Gasteiger partial charge in [0.2, 0.25) is 0 Å². The standard InChI is InChI=1S/C21H26F2N4O3/c1-3-27-19-9-26(8-18(19)25-20(27)11-29-12(2)28)14-7-17(24)21(30-10-14)15-6-13(22)4-5-16(15)23/h4-6,14,17,21H,3,7-11,24H2,1-2H3/t14-,17+,21-/m1/s1. The van der Waals surface area contributed by atoms with Gasteiger partial charge in [-0.3, -0.25) is 9.69 Å². The van der Waals surface area contributed by atoms with Crippen molar-refractivity contribution >= 4 is 5.97 Å². The number of fused-ring (bicyclic) bond motifs is 1. The maximum absolute atomic E-state index is 14.1. The number of hydrogen-bond acceptors (Lipinski definition) is 6. The van der Waals surface area contributed by atoms with Crippen LogP contribution in [0.5, 0.6) is 0 Å². The molecule has 1 aromatic heterocycles. The molecule has 0 spiro atoms. The number of rotatable bonds is 5. The average Bonchev–Trinajstić information content (AvgIpc) is 3.25. The summed E-state index contributed by atoms with van der Waals surface area (Å²) >= 11 is 0. The molecule has 3 atom stereocenters. The maximum Gasteiger partial charge on any atom is 0.303 e. The van der Waals surface area contributed by atoms with Gasteiger partial charge in [0.15, 0.2) is 0 Å². The first-order valence-corrected chi connectivity index (χ1v) is 10.1. The molecular weight excluding hydrogens is 394 g/mol. The van der Waals surface area contributed by atoms with E-state index in [9.17, 15) is 13.6 Å². The summed E-state index contributed by atoms with van der Waals surface area (Å²) in [7, 11) is 0. The summed E-state index contributed by atoms with van der Waals surface area (Å²) in [4.78, 5) is 18.0. The van der Waals surface area contributed by atoms with Crippen LogP contribution in [0.2, 0.25) is 0 Å². The Bertz CT molecular complexity index is 949. The minimum atomic E-state index is -0.667. The second-order valence-corrected chi connectivity index (χ2v) is 7.82. The van der Waals surface area contributed by atoms with Gasteiger partial charge in [-0.25, -0.2) is 13.8 Å². The third-order valence-electron chi connectivity index (χ3n) is 5.84. The second-order valence-electron chi connectivity index (χ2n) is 7.82. The molecule has 162 valence electrons. The van der Waals surface area contributed by atoms with Gasteiger partial charge in [0.25, 0.3) is 0 Å². The van der Waals surface area contributed by atoms with Crippen LogP contribution < -0.4 is 5.73 Å². The molecule has 7 nitrogen and oxygen atoms in total. The summed E-state index contributed by atoms with van der Waals surface area (Å²) in [6.07, 6.45) is -0.0583. The highest BCUT2D eigenvalue weighted by Gasteiger charge is 2.38. The number of esters is 1. The highest BCUT2D eigenvalue weighted by molar-refractivity contribution is 5.65. The van der Waals surface area contributed by atoms with Crippen LogP contribution in [0.1, 0.15) is 49.1 Å². The smallest absolute Gasteiger partial charge is 0.303 e. The monoisotopic (exact) mass is 420 g/mol. The first kappa shape index (κ1) is 20.9. The highest BCUT2D eigenvalue weighted by atomic mass is 19.1. The molecule has 1 fully saturated rings. The van der Waals surface area contributed by atoms with Crippen LogP contribution in [0.4, 0.5) is 8.78 Å². The van der Waals surface area contributed by atoms with E-state index in [4.69, 9.17) is 15.2 Å². The normalized spacial score (nSPS) is 24.1. The summed E-state index contributed by atoms with van der Waals surface area (Å²) in [5.41, 5.74) is 8.54. The number of imidazole rings is 1. The van der Waals surface area contributed by atoms with Crippen molar-refractivity contribution in [3.63, 3.8) is 0 Å². The fraction of sp³-hybridized carbons (Fsp3) is 0.524. The van der Waals surface area contributed by atoms with E-state index in [1.54, 1.807) is 0 Å². The van der Waals surface area contributed by atoms with Gasteiger partial charge in [-0.2, -0.15) is 0 Å². The number of halogens is 2. The van der Waals surface area contributed by atoms with E-state index in [2.05, 4.69) is 14.5 Å². The lowest BCUT2D eigenvalue weighted by molar-refractivity contribution is -0.142. The number of carbonyl (C=O) groups excluding carboxylic acids is 1. The average molecular weight is 420 g/mol. The van der Waals surface area contributed by atoms with Crippen molar-refractivity contribution in [3.8, 4) is 0 Å². The van der Waals surface area contributed by atoms with Crippen molar-refractivity contribution in [1.29, 1.82) is 0 Å². The molecule has 1 aromatic carbocycles. The number of carbonyl (C=O) groups is 1. The number of nitrogens with zero attached hydrogens (tertiary/aromatic N) is 3. The molecular formula is C21H26F2N4O3. The van der Waals surface area contributed by atoms with E-state index in [1.807, 2.05) is 6.92 Å². The Morgan fingerprint density at radius 1 is 1.37 bits per heavy atom. The summed E-state index contributed by atoms with van der Waals surface area (Å²) in [5, 5.41) is 0. The topological polar surface area (TPSA) is 82.6 Å². The first-order chi connectivity index (χ1) is 14.4. The molecule has 3 heterocycles. The van der Waals surface area contributed by atoms with Crippen molar-refractivity contribution in [2.45, 2.75) is 64.7 Å². The van der Waals surface area contributed by atoms with Gasteiger partial charge in [-0.1, -0.05) is 0 Å². The van der Waals surface area contributed by atoms with Gasteiger partial charge in [0, 0.05) is 44.2 Å². The zero-order chi connectivity index (χ0) is 21.4. The molecule has 30 heavy (non-hydrogen) atoms. The Labute approximate surface area is 173 Å². The van der Waals surface area contributed by atoms with Gasteiger partial charge >= 0.3 is 5.97 Å². The zero-order valence-electron chi connectivity index (χ0n) is 17.1. The van der Waals surface area contributed by atoms with Crippen LogP contribution >= 0.6 is 0 Å². The summed E-state index contributed by atoms with van der Waals surface area (Å²) in [6.45, 7) is 6.02. The predicted molar refractivity (Wildman–Crippen MR) is 104 cm³/mol. The molecule has 2 N–H and O–H groups in total. The Morgan fingerprint density at radius 2 is 2.17 bits per heavy atom. The predicted octanol–water partition coefficient (Wildman–Crippen LogP) is 2.42. The first-order valence-electron chi connectivity index (χ1n) is 10.1. The maximum atomic E-state index is 14.1. The van der Waals surface area contributed by atoms with Crippen molar-refractivity contribution in [2.75, 3.05) is 6.61 Å². The van der Waals surface area contributed by atoms with E-state index in [0.717, 1.165) is 42.0 Å². The fourth-order valence-corrected chi connectivity index (χ4v) is 4.40. The number of benzene rings is 1. The summed E-state index contributed by atoms with van der Waals surface area (Å²) in [5.74, 6) is -0.604. The Kier molecular flexibility index (Phi) is 5.86. The quantitative estimate of drug-likeness (QED) is 0.748. The molecule has 1 saturated heterocycles. The third-order valence-corrected chi connectivity index (χ3v) is 5.84. The van der Waals surface area contributed by atoms with Gasteiger partial charge in [-0.15, -0.1) is 0 Å². The SMILES string of the molecule is CCn1c(COC(C)=O)nc2c1CN([C@H]1CO[C@H](c3cc(F)ccc3F)[C@@H](N)C1)C2. The van der Waals surface area contributed by atoms with Gasteiger partial charge in [0.05, 0.1) is 18.0 Å².